The molecule has 0 saturated heterocycles. The molecule has 1 rings (SSSR count). The fourth-order valence-electron chi connectivity index (χ4n) is 1.85. The van der Waals surface area contributed by atoms with Crippen molar-refractivity contribution in [3.8, 4) is 0 Å². The second kappa shape index (κ2) is 3.09. The molecule has 11 heavy (non-hydrogen) atoms. The first-order valence-corrected chi connectivity index (χ1v) is 4.10. The lowest BCUT2D eigenvalue weighted by Gasteiger charge is -2.14. The summed E-state index contributed by atoms with van der Waals surface area (Å²) < 4.78 is 0. The summed E-state index contributed by atoms with van der Waals surface area (Å²) in [6, 6.07) is 0. The van der Waals surface area contributed by atoms with E-state index >= 15 is 0 Å². The highest BCUT2D eigenvalue weighted by Crippen LogP contribution is 2.53. The minimum atomic E-state index is -0.282. The normalized spacial score (nSPS) is 38.7. The third-order valence-electron chi connectivity index (χ3n) is 2.68. The quantitative estimate of drug-likeness (QED) is 0.522. The molecular weight excluding hydrogens is 142 g/mol. The molecule has 3 atom stereocenters. The molecule has 0 aromatic carbocycles. The Morgan fingerprint density at radius 2 is 2.36 bits per heavy atom. The van der Waals surface area contributed by atoms with Crippen LogP contribution in [0.25, 0.3) is 0 Å². The van der Waals surface area contributed by atoms with Gasteiger partial charge in [0, 0.05) is 12.0 Å². The number of nitrogens with one attached hydrogen (secondary N) is 1. The lowest BCUT2D eigenvalue weighted by molar-refractivity contribution is 0.122. The molecule has 3 unspecified atom stereocenters. The van der Waals surface area contributed by atoms with Crippen molar-refractivity contribution in [1.82, 2.24) is 5.32 Å². The number of hydrogen-bond donors (Lipinski definition) is 3. The number of hydrogen-bond acceptors (Lipinski definition) is 3. The Hall–Kier alpha value is -0.120. The molecule has 1 fully saturated rings. The lowest BCUT2D eigenvalue weighted by Crippen LogP contribution is -2.27. The molecule has 0 heterocycles. The van der Waals surface area contributed by atoms with Gasteiger partial charge in [0.2, 0.25) is 0 Å². The van der Waals surface area contributed by atoms with E-state index in [9.17, 15) is 5.11 Å². The monoisotopic (exact) mass is 159 g/mol. The second-order valence-corrected chi connectivity index (χ2v) is 3.60. The Morgan fingerprint density at radius 1 is 1.73 bits per heavy atom. The van der Waals surface area contributed by atoms with Gasteiger partial charge in [0.25, 0.3) is 0 Å². The largest absolute Gasteiger partial charge is 0.396 e. The molecule has 3 nitrogen and oxygen atoms in total. The molecule has 0 aliphatic heterocycles. The van der Waals surface area contributed by atoms with Crippen molar-refractivity contribution in [1.29, 1.82) is 0 Å². The van der Waals surface area contributed by atoms with Crippen molar-refractivity contribution in [3.63, 3.8) is 0 Å². The fraction of sp³-hybridized carbons (Fsp3) is 1.00. The number of rotatable bonds is 4. The van der Waals surface area contributed by atoms with Gasteiger partial charge in [-0.3, -0.25) is 0 Å². The van der Waals surface area contributed by atoms with Gasteiger partial charge in [-0.1, -0.05) is 0 Å². The molecule has 3 N–H and O–H groups in total. The van der Waals surface area contributed by atoms with Gasteiger partial charge >= 0.3 is 0 Å². The highest BCUT2D eigenvalue weighted by atomic mass is 16.3. The Morgan fingerprint density at radius 3 is 2.64 bits per heavy atom. The van der Waals surface area contributed by atoms with E-state index in [2.05, 4.69) is 5.32 Å². The summed E-state index contributed by atoms with van der Waals surface area (Å²) in [5.74, 6) is 0.292. The Labute approximate surface area is 67.4 Å². The molecule has 1 aliphatic rings. The standard InChI is InChI=1S/C8H17NO2/c1-6(11)7-3-8(7,5-10)4-9-2/h6-7,9-11H,3-5H2,1-2H3. The molecule has 1 saturated carbocycles. The van der Waals surface area contributed by atoms with Crippen molar-refractivity contribution >= 4 is 0 Å². The highest BCUT2D eigenvalue weighted by Gasteiger charge is 2.55. The van der Waals surface area contributed by atoms with Gasteiger partial charge in [-0.15, -0.1) is 0 Å². The van der Waals surface area contributed by atoms with Crippen LogP contribution in [0.5, 0.6) is 0 Å². The minimum Gasteiger partial charge on any atom is -0.396 e. The molecule has 0 spiro atoms. The second-order valence-electron chi connectivity index (χ2n) is 3.60. The van der Waals surface area contributed by atoms with Crippen LogP contribution in [0, 0.1) is 11.3 Å². The van der Waals surface area contributed by atoms with Crippen LogP contribution in [0.15, 0.2) is 0 Å². The van der Waals surface area contributed by atoms with E-state index in [0.29, 0.717) is 5.92 Å². The van der Waals surface area contributed by atoms with Crippen LogP contribution in [-0.4, -0.2) is 36.5 Å². The van der Waals surface area contributed by atoms with Crippen molar-refractivity contribution < 1.29 is 10.2 Å². The van der Waals surface area contributed by atoms with Crippen LogP contribution < -0.4 is 5.32 Å². The minimum absolute atomic E-state index is 0.0249. The Balaban J connectivity index is 2.42. The molecule has 0 bridgehead atoms. The van der Waals surface area contributed by atoms with Crippen LogP contribution in [-0.2, 0) is 0 Å². The van der Waals surface area contributed by atoms with Crippen LogP contribution in [0.2, 0.25) is 0 Å². The van der Waals surface area contributed by atoms with E-state index in [1.54, 1.807) is 6.92 Å². The molecule has 0 aromatic rings. The molecule has 0 amide bonds. The molecular formula is C8H17NO2. The summed E-state index contributed by atoms with van der Waals surface area (Å²) in [5, 5.41) is 21.3. The van der Waals surface area contributed by atoms with Gasteiger partial charge < -0.3 is 15.5 Å². The van der Waals surface area contributed by atoms with Crippen LogP contribution in [0.3, 0.4) is 0 Å². The third-order valence-corrected chi connectivity index (χ3v) is 2.68. The zero-order valence-corrected chi connectivity index (χ0v) is 7.17. The van der Waals surface area contributed by atoms with E-state index in [1.807, 2.05) is 7.05 Å². The summed E-state index contributed by atoms with van der Waals surface area (Å²) in [5.41, 5.74) is -0.0249. The first kappa shape index (κ1) is 8.97. The summed E-state index contributed by atoms with van der Waals surface area (Å²) in [4.78, 5) is 0. The SMILES string of the molecule is CNCC1(CO)CC1C(C)O. The Kier molecular flexibility index (Phi) is 2.52. The van der Waals surface area contributed by atoms with E-state index in [0.717, 1.165) is 13.0 Å². The van der Waals surface area contributed by atoms with Crippen molar-refractivity contribution in [2.24, 2.45) is 11.3 Å². The Bertz CT molecular complexity index is 138. The number of aliphatic hydroxyl groups is 2. The zero-order chi connectivity index (χ0) is 8.48. The van der Waals surface area contributed by atoms with E-state index in [1.165, 1.54) is 0 Å². The van der Waals surface area contributed by atoms with Crippen LogP contribution >= 0.6 is 0 Å². The summed E-state index contributed by atoms with van der Waals surface area (Å²) in [6.45, 7) is 2.78. The van der Waals surface area contributed by atoms with E-state index in [4.69, 9.17) is 5.11 Å². The topological polar surface area (TPSA) is 52.5 Å². The molecule has 1 aliphatic carbocycles. The molecule has 0 radical (unpaired) electrons. The zero-order valence-electron chi connectivity index (χ0n) is 7.17. The van der Waals surface area contributed by atoms with Gasteiger partial charge in [0.1, 0.15) is 0 Å². The first-order valence-electron chi connectivity index (χ1n) is 4.10. The fourth-order valence-corrected chi connectivity index (χ4v) is 1.85. The average molecular weight is 159 g/mol. The first-order chi connectivity index (χ1) is 5.16. The maximum absolute atomic E-state index is 9.25. The molecule has 3 heteroatoms. The predicted octanol–water partition coefficient (Wildman–Crippen LogP) is -0.415. The smallest absolute Gasteiger partial charge is 0.0547 e. The van der Waals surface area contributed by atoms with E-state index < -0.39 is 0 Å². The lowest BCUT2D eigenvalue weighted by atomic mass is 10.0. The van der Waals surface area contributed by atoms with Crippen LogP contribution in [0.1, 0.15) is 13.3 Å². The van der Waals surface area contributed by atoms with Crippen molar-refractivity contribution in [2.45, 2.75) is 19.4 Å². The third kappa shape index (κ3) is 1.55. The van der Waals surface area contributed by atoms with Crippen molar-refractivity contribution in [2.75, 3.05) is 20.2 Å². The molecule has 0 aromatic heterocycles. The predicted molar refractivity (Wildman–Crippen MR) is 43.2 cm³/mol. The van der Waals surface area contributed by atoms with Gasteiger partial charge in [-0.05, 0) is 26.3 Å². The number of aliphatic hydroxyl groups excluding tert-OH is 2. The molecule has 66 valence electrons. The maximum atomic E-state index is 9.25. The maximum Gasteiger partial charge on any atom is 0.0547 e. The van der Waals surface area contributed by atoms with Crippen molar-refractivity contribution in [3.05, 3.63) is 0 Å². The van der Waals surface area contributed by atoms with Crippen LogP contribution in [0.4, 0.5) is 0 Å². The summed E-state index contributed by atoms with van der Waals surface area (Å²) in [7, 11) is 1.87. The van der Waals surface area contributed by atoms with Gasteiger partial charge in [0.15, 0.2) is 0 Å². The highest BCUT2D eigenvalue weighted by molar-refractivity contribution is 5.05. The summed E-state index contributed by atoms with van der Waals surface area (Å²) >= 11 is 0. The summed E-state index contributed by atoms with van der Waals surface area (Å²) in [6.07, 6.45) is 0.664. The van der Waals surface area contributed by atoms with E-state index in [-0.39, 0.29) is 18.1 Å². The van der Waals surface area contributed by atoms with Gasteiger partial charge in [-0.2, -0.15) is 0 Å². The van der Waals surface area contributed by atoms with Gasteiger partial charge in [-0.25, -0.2) is 0 Å². The average Bonchev–Trinajstić information content (AvgIpc) is 2.65. The van der Waals surface area contributed by atoms with Gasteiger partial charge in [0.05, 0.1) is 12.7 Å².